The summed E-state index contributed by atoms with van der Waals surface area (Å²) in [6.07, 6.45) is 4.20. The summed E-state index contributed by atoms with van der Waals surface area (Å²) < 4.78 is 0. The van der Waals surface area contributed by atoms with Crippen molar-refractivity contribution >= 4 is 11.7 Å². The summed E-state index contributed by atoms with van der Waals surface area (Å²) in [6.45, 7) is 4.23. The van der Waals surface area contributed by atoms with E-state index in [1.807, 2.05) is 12.1 Å². The molecule has 0 saturated carbocycles. The van der Waals surface area contributed by atoms with E-state index in [-0.39, 0.29) is 17.0 Å². The summed E-state index contributed by atoms with van der Waals surface area (Å²) in [4.78, 5) is 33.1. The fourth-order valence-corrected chi connectivity index (χ4v) is 2.68. The quantitative estimate of drug-likeness (QED) is 0.899. The number of pyridine rings is 2. The van der Waals surface area contributed by atoms with Crippen LogP contribution >= 0.6 is 0 Å². The molecule has 0 radical (unpaired) electrons. The number of amides is 1. The lowest BCUT2D eigenvalue weighted by atomic mass is 10.2. The first kappa shape index (κ1) is 15.3. The van der Waals surface area contributed by atoms with Crippen molar-refractivity contribution in [1.29, 1.82) is 0 Å². The zero-order chi connectivity index (χ0) is 16.2. The molecule has 1 saturated heterocycles. The van der Waals surface area contributed by atoms with Gasteiger partial charge in [0.25, 0.3) is 11.5 Å². The first-order valence-corrected chi connectivity index (χ1v) is 7.81. The highest BCUT2D eigenvalue weighted by atomic mass is 16.2. The molecule has 2 aromatic rings. The van der Waals surface area contributed by atoms with Crippen molar-refractivity contribution in [3.8, 4) is 0 Å². The molecule has 120 valence electrons. The predicted octanol–water partition coefficient (Wildman–Crippen LogP) is 1.61. The standard InChI is InChI=1S/C17H20N4O2/c1-12-4-6-14(17(23)20-12)16(22)19-11-13-5-7-15(18-10-13)21-8-2-3-9-21/h4-7,10H,2-3,8-9,11H2,1H3,(H,19,22)(H,20,23). The third-order valence-electron chi connectivity index (χ3n) is 3.99. The molecule has 6 heteroatoms. The molecular formula is C17H20N4O2. The molecule has 0 spiro atoms. The van der Waals surface area contributed by atoms with Gasteiger partial charge in [-0.05, 0) is 43.5 Å². The lowest BCUT2D eigenvalue weighted by Crippen LogP contribution is -2.29. The minimum absolute atomic E-state index is 0.122. The van der Waals surface area contributed by atoms with Crippen LogP contribution in [0.3, 0.4) is 0 Å². The molecule has 2 aromatic heterocycles. The molecule has 0 atom stereocenters. The average molecular weight is 312 g/mol. The van der Waals surface area contributed by atoms with Crippen molar-refractivity contribution in [3.63, 3.8) is 0 Å². The van der Waals surface area contributed by atoms with E-state index in [1.165, 1.54) is 18.9 Å². The Morgan fingerprint density at radius 1 is 1.26 bits per heavy atom. The van der Waals surface area contributed by atoms with Gasteiger partial charge in [-0.3, -0.25) is 9.59 Å². The Morgan fingerprint density at radius 3 is 2.70 bits per heavy atom. The van der Waals surface area contributed by atoms with E-state index in [2.05, 4.69) is 20.2 Å². The number of aryl methyl sites for hydroxylation is 1. The van der Waals surface area contributed by atoms with Crippen LogP contribution in [0.5, 0.6) is 0 Å². The minimum atomic E-state index is -0.380. The van der Waals surface area contributed by atoms with Gasteiger partial charge >= 0.3 is 0 Å². The Morgan fingerprint density at radius 2 is 2.04 bits per heavy atom. The second-order valence-corrected chi connectivity index (χ2v) is 5.79. The minimum Gasteiger partial charge on any atom is -0.357 e. The van der Waals surface area contributed by atoms with E-state index in [0.29, 0.717) is 6.54 Å². The Kier molecular flexibility index (Phi) is 4.41. The largest absolute Gasteiger partial charge is 0.357 e. The molecule has 6 nitrogen and oxygen atoms in total. The smallest absolute Gasteiger partial charge is 0.260 e. The summed E-state index contributed by atoms with van der Waals surface area (Å²) in [5.41, 5.74) is 1.39. The van der Waals surface area contributed by atoms with Crippen LogP contribution in [0.4, 0.5) is 5.82 Å². The fraction of sp³-hybridized carbons (Fsp3) is 0.353. The average Bonchev–Trinajstić information content (AvgIpc) is 3.07. The molecule has 1 amide bonds. The van der Waals surface area contributed by atoms with Gasteiger partial charge in [-0.25, -0.2) is 4.98 Å². The van der Waals surface area contributed by atoms with Crippen molar-refractivity contribution in [1.82, 2.24) is 15.3 Å². The van der Waals surface area contributed by atoms with E-state index in [1.54, 1.807) is 19.2 Å². The molecule has 2 N–H and O–H groups in total. The maximum atomic E-state index is 12.1. The Balaban J connectivity index is 1.61. The third kappa shape index (κ3) is 3.59. The van der Waals surface area contributed by atoms with Crippen LogP contribution in [-0.4, -0.2) is 29.0 Å². The number of hydrogen-bond acceptors (Lipinski definition) is 4. The molecule has 23 heavy (non-hydrogen) atoms. The number of hydrogen-bond donors (Lipinski definition) is 2. The first-order valence-electron chi connectivity index (χ1n) is 7.81. The number of nitrogens with zero attached hydrogens (tertiary/aromatic N) is 2. The van der Waals surface area contributed by atoms with Crippen molar-refractivity contribution < 1.29 is 4.79 Å². The van der Waals surface area contributed by atoms with Crippen molar-refractivity contribution in [3.05, 3.63) is 57.6 Å². The molecular weight excluding hydrogens is 292 g/mol. The highest BCUT2D eigenvalue weighted by Gasteiger charge is 2.13. The molecule has 0 unspecified atom stereocenters. The van der Waals surface area contributed by atoms with Gasteiger partial charge in [-0.15, -0.1) is 0 Å². The van der Waals surface area contributed by atoms with Crippen LogP contribution < -0.4 is 15.8 Å². The van der Waals surface area contributed by atoms with Gasteiger partial charge in [0.1, 0.15) is 11.4 Å². The first-order chi connectivity index (χ1) is 11.1. The van der Waals surface area contributed by atoms with Crippen LogP contribution in [0.1, 0.15) is 34.5 Å². The normalized spacial score (nSPS) is 14.0. The SMILES string of the molecule is Cc1ccc(C(=O)NCc2ccc(N3CCCC3)nc2)c(=O)[nH]1. The van der Waals surface area contributed by atoms with Gasteiger partial charge < -0.3 is 15.2 Å². The van der Waals surface area contributed by atoms with E-state index >= 15 is 0 Å². The summed E-state index contributed by atoms with van der Waals surface area (Å²) in [5, 5.41) is 2.75. The molecule has 1 aliphatic rings. The zero-order valence-corrected chi connectivity index (χ0v) is 13.1. The van der Waals surface area contributed by atoms with Gasteiger partial charge in [0.15, 0.2) is 0 Å². The molecule has 1 aliphatic heterocycles. The van der Waals surface area contributed by atoms with Crippen LogP contribution in [0, 0.1) is 6.92 Å². The van der Waals surface area contributed by atoms with Crippen LogP contribution in [-0.2, 0) is 6.54 Å². The van der Waals surface area contributed by atoms with Crippen LogP contribution in [0.25, 0.3) is 0 Å². The molecule has 0 aromatic carbocycles. The van der Waals surface area contributed by atoms with Crippen molar-refractivity contribution in [2.24, 2.45) is 0 Å². The number of anilines is 1. The van der Waals surface area contributed by atoms with Gasteiger partial charge in [-0.1, -0.05) is 6.07 Å². The number of nitrogens with one attached hydrogen (secondary N) is 2. The number of rotatable bonds is 4. The van der Waals surface area contributed by atoms with E-state index < -0.39 is 0 Å². The number of H-pyrrole nitrogens is 1. The monoisotopic (exact) mass is 312 g/mol. The summed E-state index contributed by atoms with van der Waals surface area (Å²) in [6, 6.07) is 7.19. The summed E-state index contributed by atoms with van der Waals surface area (Å²) >= 11 is 0. The highest BCUT2D eigenvalue weighted by molar-refractivity contribution is 5.93. The highest BCUT2D eigenvalue weighted by Crippen LogP contribution is 2.17. The van der Waals surface area contributed by atoms with Gasteiger partial charge in [0.05, 0.1) is 0 Å². The van der Waals surface area contributed by atoms with E-state index in [0.717, 1.165) is 30.2 Å². The number of carbonyl (C=O) groups is 1. The van der Waals surface area contributed by atoms with Crippen LogP contribution in [0.2, 0.25) is 0 Å². The summed E-state index contributed by atoms with van der Waals surface area (Å²) in [7, 11) is 0. The van der Waals surface area contributed by atoms with Crippen LogP contribution in [0.15, 0.2) is 35.3 Å². The van der Waals surface area contributed by atoms with Gasteiger partial charge in [-0.2, -0.15) is 0 Å². The molecule has 3 rings (SSSR count). The van der Waals surface area contributed by atoms with Crippen molar-refractivity contribution in [2.75, 3.05) is 18.0 Å². The molecule has 1 fully saturated rings. The molecule has 0 bridgehead atoms. The fourth-order valence-electron chi connectivity index (χ4n) is 2.68. The maximum Gasteiger partial charge on any atom is 0.260 e. The topological polar surface area (TPSA) is 78.1 Å². The van der Waals surface area contributed by atoms with Crippen molar-refractivity contribution in [2.45, 2.75) is 26.3 Å². The lowest BCUT2D eigenvalue weighted by Gasteiger charge is -2.16. The Labute approximate surface area is 134 Å². The number of aromatic nitrogens is 2. The Bertz CT molecular complexity index is 746. The molecule has 0 aliphatic carbocycles. The zero-order valence-electron chi connectivity index (χ0n) is 13.1. The second-order valence-electron chi connectivity index (χ2n) is 5.79. The third-order valence-corrected chi connectivity index (χ3v) is 3.99. The number of carbonyl (C=O) groups excluding carboxylic acids is 1. The number of aromatic amines is 1. The summed E-state index contributed by atoms with van der Waals surface area (Å²) in [5.74, 6) is 0.599. The lowest BCUT2D eigenvalue weighted by molar-refractivity contribution is 0.0949. The van der Waals surface area contributed by atoms with E-state index in [4.69, 9.17) is 0 Å². The second kappa shape index (κ2) is 6.64. The van der Waals surface area contributed by atoms with Gasteiger partial charge in [0, 0.05) is 31.5 Å². The Hall–Kier alpha value is -2.63. The van der Waals surface area contributed by atoms with Gasteiger partial charge in [0.2, 0.25) is 0 Å². The predicted molar refractivity (Wildman–Crippen MR) is 88.7 cm³/mol. The molecule has 3 heterocycles. The van der Waals surface area contributed by atoms with E-state index in [9.17, 15) is 9.59 Å². The maximum absolute atomic E-state index is 12.1.